The van der Waals surface area contributed by atoms with Crippen LogP contribution in [0.2, 0.25) is 0 Å². The Bertz CT molecular complexity index is 1910. The van der Waals surface area contributed by atoms with Crippen LogP contribution in [0.15, 0.2) is 82.5 Å². The number of benzene rings is 3. The number of hydrogen-bond acceptors (Lipinski definition) is 1. The van der Waals surface area contributed by atoms with Crippen molar-refractivity contribution in [2.24, 2.45) is 4.99 Å². The van der Waals surface area contributed by atoms with Crippen LogP contribution in [0.25, 0.3) is 5.57 Å². The lowest BCUT2D eigenvalue weighted by atomic mass is 9.87. The summed E-state index contributed by atoms with van der Waals surface area (Å²) in [6.45, 7) is 19.2. The van der Waals surface area contributed by atoms with Crippen molar-refractivity contribution in [3.05, 3.63) is 145 Å². The third-order valence-corrected chi connectivity index (χ3v) is 7.99. The topological polar surface area (TPSA) is 28.1 Å². The van der Waals surface area contributed by atoms with Gasteiger partial charge in [-0.1, -0.05) is 76.8 Å². The van der Waals surface area contributed by atoms with Gasteiger partial charge < -0.3 is 4.98 Å². The van der Waals surface area contributed by atoms with Gasteiger partial charge in [0.05, 0.1) is 22.7 Å². The van der Waals surface area contributed by atoms with Crippen LogP contribution >= 0.6 is 0 Å². The van der Waals surface area contributed by atoms with Crippen LogP contribution in [-0.4, -0.2) is 10.7 Å². The van der Waals surface area contributed by atoms with Gasteiger partial charge in [-0.3, -0.25) is 4.99 Å². The predicted octanol–water partition coefficient (Wildman–Crippen LogP) is 9.18. The van der Waals surface area contributed by atoms with Crippen molar-refractivity contribution in [1.29, 1.82) is 0 Å². The minimum Gasteiger partial charge on any atom is -0.357 e. The van der Waals surface area contributed by atoms with Gasteiger partial charge in [0.1, 0.15) is 0 Å². The molecule has 2 nitrogen and oxygen atoms in total. The summed E-state index contributed by atoms with van der Waals surface area (Å²) in [4.78, 5) is 8.91. The van der Waals surface area contributed by atoms with Crippen LogP contribution in [0.4, 0.5) is 0 Å². The highest BCUT2D eigenvalue weighted by Gasteiger charge is 2.27. The van der Waals surface area contributed by atoms with E-state index in [0.717, 1.165) is 61.8 Å². The van der Waals surface area contributed by atoms with Crippen molar-refractivity contribution in [3.8, 4) is 23.7 Å². The molecule has 5 rings (SSSR count). The Morgan fingerprint density at radius 1 is 0.619 bits per heavy atom. The molecule has 42 heavy (non-hydrogen) atoms. The number of allylic oxidation sites excluding steroid dienone is 2. The zero-order chi connectivity index (χ0) is 30.1. The largest absolute Gasteiger partial charge is 0.357 e. The number of rotatable bonds is 2. The van der Waals surface area contributed by atoms with Gasteiger partial charge in [0, 0.05) is 28.0 Å². The Kier molecular flexibility index (Phi) is 7.93. The van der Waals surface area contributed by atoms with Gasteiger partial charge in [-0.15, -0.1) is 0 Å². The van der Waals surface area contributed by atoms with E-state index in [0.29, 0.717) is 0 Å². The molecule has 1 aromatic heterocycles. The first-order valence-electron chi connectivity index (χ1n) is 14.5. The van der Waals surface area contributed by atoms with Gasteiger partial charge in [0.25, 0.3) is 0 Å². The molecule has 1 aliphatic rings. The third kappa shape index (κ3) is 5.68. The smallest absolute Gasteiger partial charge is 0.0775 e. The fraction of sp³-hybridized carbons (Fsp3) is 0.225. The summed E-state index contributed by atoms with van der Waals surface area (Å²) in [6, 6.07) is 21.2. The lowest BCUT2D eigenvalue weighted by molar-refractivity contribution is 1.19. The highest BCUT2D eigenvalue weighted by molar-refractivity contribution is 6.09. The third-order valence-electron chi connectivity index (χ3n) is 7.99. The monoisotopic (exact) mass is 546 g/mol. The van der Waals surface area contributed by atoms with E-state index in [-0.39, 0.29) is 0 Å². The maximum absolute atomic E-state index is 5.18. The van der Waals surface area contributed by atoms with Gasteiger partial charge in [-0.05, 0) is 114 Å². The minimum atomic E-state index is 0.947. The maximum Gasteiger partial charge on any atom is 0.0775 e. The minimum absolute atomic E-state index is 0.947. The number of nitrogens with one attached hydrogen (secondary N) is 1. The van der Waals surface area contributed by atoms with Gasteiger partial charge >= 0.3 is 0 Å². The summed E-state index contributed by atoms with van der Waals surface area (Å²) in [5.74, 6) is 13.7. The highest BCUT2D eigenvalue weighted by atomic mass is 14.8. The molecule has 0 atom stereocenters. The molecular weight excluding hydrogens is 508 g/mol. The van der Waals surface area contributed by atoms with E-state index in [4.69, 9.17) is 4.99 Å². The molecule has 0 saturated carbocycles. The van der Waals surface area contributed by atoms with E-state index in [1.165, 1.54) is 33.4 Å². The van der Waals surface area contributed by atoms with Crippen LogP contribution < -0.4 is 0 Å². The molecule has 2 heteroatoms. The first-order chi connectivity index (χ1) is 20.0. The second-order valence-corrected chi connectivity index (χ2v) is 11.6. The molecule has 0 aliphatic carbocycles. The first kappa shape index (κ1) is 28.7. The van der Waals surface area contributed by atoms with E-state index >= 15 is 0 Å². The van der Waals surface area contributed by atoms with Crippen molar-refractivity contribution in [1.82, 2.24) is 4.98 Å². The van der Waals surface area contributed by atoms with Crippen LogP contribution in [0.3, 0.4) is 0 Å². The Balaban J connectivity index is 1.72. The normalized spacial score (nSPS) is 13.8. The lowest BCUT2D eigenvalue weighted by Crippen LogP contribution is -2.02. The molecule has 0 saturated heterocycles. The van der Waals surface area contributed by atoms with E-state index in [2.05, 4.69) is 152 Å². The Morgan fingerprint density at radius 3 is 1.69 bits per heavy atom. The average molecular weight is 547 g/mol. The number of hydrogen-bond donors (Lipinski definition) is 1. The molecule has 3 aromatic carbocycles. The van der Waals surface area contributed by atoms with Crippen LogP contribution in [-0.2, 0) is 0 Å². The van der Waals surface area contributed by atoms with Crippen molar-refractivity contribution in [2.45, 2.75) is 62.3 Å². The summed E-state index contributed by atoms with van der Waals surface area (Å²) >= 11 is 0. The van der Waals surface area contributed by atoms with Gasteiger partial charge in [-0.25, -0.2) is 0 Å². The standard InChI is InChI=1S/C40H38N2/c1-24-10-14-33(15-11-24)18-20-35-29(6)39(41-31(35)8)38(37-27(4)22-26(3)23-28(37)5)40-30(7)36(32(9)42-40)21-19-34-16-12-25(2)13-17-34/h10-17,22-23,41H,1-9H3/b40-38-. The number of nitrogens with zero attached hydrogens (tertiary/aromatic N) is 1. The van der Waals surface area contributed by atoms with Gasteiger partial charge in [0.2, 0.25) is 0 Å². The number of H-pyrrole nitrogens is 1. The maximum atomic E-state index is 5.18. The fourth-order valence-electron chi connectivity index (χ4n) is 5.79. The summed E-state index contributed by atoms with van der Waals surface area (Å²) in [5, 5.41) is 0. The quantitative estimate of drug-likeness (QED) is 0.243. The first-order valence-corrected chi connectivity index (χ1v) is 14.5. The molecule has 208 valence electrons. The van der Waals surface area contributed by atoms with Crippen molar-refractivity contribution >= 4 is 11.3 Å². The Hall–Kier alpha value is -4.79. The molecule has 1 N–H and O–H groups in total. The molecule has 0 unspecified atom stereocenters. The van der Waals surface area contributed by atoms with E-state index in [1.54, 1.807) is 0 Å². The highest BCUT2D eigenvalue weighted by Crippen LogP contribution is 2.40. The Morgan fingerprint density at radius 2 is 1.14 bits per heavy atom. The van der Waals surface area contributed by atoms with Crippen molar-refractivity contribution < 1.29 is 0 Å². The van der Waals surface area contributed by atoms with Gasteiger partial charge in [-0.2, -0.15) is 0 Å². The summed E-state index contributed by atoms with van der Waals surface area (Å²) in [5.41, 5.74) is 18.8. The summed E-state index contributed by atoms with van der Waals surface area (Å²) < 4.78 is 0. The van der Waals surface area contributed by atoms with E-state index in [1.807, 2.05) is 0 Å². The van der Waals surface area contributed by atoms with E-state index in [9.17, 15) is 0 Å². The van der Waals surface area contributed by atoms with E-state index < -0.39 is 0 Å². The van der Waals surface area contributed by atoms with Crippen molar-refractivity contribution in [3.63, 3.8) is 0 Å². The number of aliphatic imine (C=N–C) groups is 1. The average Bonchev–Trinajstić information content (AvgIpc) is 3.38. The zero-order valence-corrected chi connectivity index (χ0v) is 26.2. The number of aryl methyl sites for hydroxylation is 6. The molecule has 0 radical (unpaired) electrons. The molecule has 0 fully saturated rings. The molecule has 1 aliphatic heterocycles. The lowest BCUT2D eigenvalue weighted by Gasteiger charge is -2.18. The molecule has 0 amide bonds. The second-order valence-electron chi connectivity index (χ2n) is 11.6. The summed E-state index contributed by atoms with van der Waals surface area (Å²) in [7, 11) is 0. The molecule has 2 heterocycles. The molecule has 4 aromatic rings. The van der Waals surface area contributed by atoms with Crippen LogP contribution in [0.5, 0.6) is 0 Å². The second kappa shape index (κ2) is 11.6. The molecule has 0 spiro atoms. The molecule has 0 bridgehead atoms. The predicted molar refractivity (Wildman–Crippen MR) is 178 cm³/mol. The van der Waals surface area contributed by atoms with Crippen LogP contribution in [0.1, 0.15) is 80.9 Å². The summed E-state index contributed by atoms with van der Waals surface area (Å²) in [6.07, 6.45) is 0. The SMILES string of the molecule is CC1=N/C(=C(\c2[nH]c(C)c(C#Cc3ccc(C)cc3)c2C)c2c(C)cc(C)cc2C)C(C)=C1C#Cc1ccc(C)cc1. The molecular formula is C40H38N2. The number of aromatic amines is 1. The van der Waals surface area contributed by atoms with Crippen LogP contribution in [0, 0.1) is 72.1 Å². The van der Waals surface area contributed by atoms with Gasteiger partial charge in [0.15, 0.2) is 0 Å². The zero-order valence-electron chi connectivity index (χ0n) is 26.2. The Labute approximate surface area is 251 Å². The van der Waals surface area contributed by atoms with Crippen molar-refractivity contribution in [2.75, 3.05) is 0 Å². The fourth-order valence-corrected chi connectivity index (χ4v) is 5.79. The number of aromatic nitrogens is 1.